The lowest BCUT2D eigenvalue weighted by Crippen LogP contribution is -2.56. The number of ether oxygens (including phenoxy) is 1. The summed E-state index contributed by atoms with van der Waals surface area (Å²) in [7, 11) is -5.90. The van der Waals surface area contributed by atoms with Crippen LogP contribution in [0.25, 0.3) is 5.57 Å². The van der Waals surface area contributed by atoms with Crippen molar-refractivity contribution in [3.63, 3.8) is 0 Å². The van der Waals surface area contributed by atoms with E-state index in [0.29, 0.717) is 24.0 Å². The van der Waals surface area contributed by atoms with Crippen LogP contribution in [0, 0.1) is 0 Å². The molecule has 1 amide bonds. The molecule has 1 N–H and O–H groups in total. The third-order valence-electron chi connectivity index (χ3n) is 6.83. The van der Waals surface area contributed by atoms with Gasteiger partial charge in [0.2, 0.25) is 5.91 Å². The number of benzene rings is 2. The molecule has 2 aromatic rings. The number of methoxy groups -OCH3 is 1. The van der Waals surface area contributed by atoms with Crippen LogP contribution in [-0.4, -0.2) is 52.3 Å². The summed E-state index contributed by atoms with van der Waals surface area (Å²) < 4.78 is 57.2. The van der Waals surface area contributed by atoms with Gasteiger partial charge in [-0.2, -0.15) is 0 Å². The minimum Gasteiger partial charge on any atom is -0.384 e. The van der Waals surface area contributed by atoms with E-state index in [0.717, 1.165) is 5.56 Å². The Labute approximate surface area is 233 Å². The van der Waals surface area contributed by atoms with Gasteiger partial charge < -0.3 is 10.1 Å². The average Bonchev–Trinajstić information content (AvgIpc) is 3.74. The first-order chi connectivity index (χ1) is 18.0. The van der Waals surface area contributed by atoms with Gasteiger partial charge in [0.25, 0.3) is 0 Å². The van der Waals surface area contributed by atoms with E-state index < -0.39 is 41.6 Å². The fraction of sp³-hybridized carbons (Fsp3) is 0.370. The van der Waals surface area contributed by atoms with E-state index in [2.05, 4.69) is 5.32 Å². The molecular weight excluding hydrogens is 569 g/mol. The van der Waals surface area contributed by atoms with E-state index in [1.807, 2.05) is 30.3 Å². The van der Waals surface area contributed by atoms with Gasteiger partial charge in [0.05, 0.1) is 28.4 Å². The largest absolute Gasteiger partial charge is 0.384 e. The first-order valence-electron chi connectivity index (χ1n) is 12.2. The Kier molecular flexibility index (Phi) is 8.45. The Hall–Kier alpha value is -2.17. The second kappa shape index (κ2) is 11.1. The number of halogens is 2. The number of nitrogens with one attached hydrogen (secondary N) is 1. The van der Waals surface area contributed by atoms with Gasteiger partial charge in [0.15, 0.2) is 24.5 Å². The van der Waals surface area contributed by atoms with E-state index in [-0.39, 0.29) is 33.7 Å². The average molecular weight is 599 g/mol. The van der Waals surface area contributed by atoms with E-state index in [4.69, 9.17) is 27.9 Å². The van der Waals surface area contributed by atoms with Crippen molar-refractivity contribution in [2.24, 2.45) is 0 Å². The Balaban J connectivity index is 1.72. The molecule has 2 atom stereocenters. The van der Waals surface area contributed by atoms with Crippen LogP contribution >= 0.6 is 23.2 Å². The van der Waals surface area contributed by atoms with Crippen LogP contribution in [0.15, 0.2) is 75.6 Å². The molecule has 0 spiro atoms. The topological polar surface area (TPSA) is 107 Å². The van der Waals surface area contributed by atoms with Crippen molar-refractivity contribution in [1.82, 2.24) is 5.32 Å². The van der Waals surface area contributed by atoms with Crippen LogP contribution in [0.5, 0.6) is 0 Å². The number of carbonyl (C=O) groups is 1. The van der Waals surface area contributed by atoms with Gasteiger partial charge in [-0.25, -0.2) is 16.8 Å². The van der Waals surface area contributed by atoms with E-state index in [9.17, 15) is 21.6 Å². The lowest BCUT2D eigenvalue weighted by Gasteiger charge is -2.36. The van der Waals surface area contributed by atoms with Crippen LogP contribution in [-0.2, 0) is 29.2 Å². The standard InChI is InChI=1S/C27H29Cl2NO6S2/c1-3-37(32,33)20-11-9-18(10-12-20)22(17-36-2)26(31)30-27(38(34,35)21-13-14-21)15-23(28)25(24(29)16-27)19-7-5-4-6-8-19/h4-12,15,21-22H,3,13-14,16-17H2,1-2H3,(H,30,31). The van der Waals surface area contributed by atoms with Crippen LogP contribution in [0.2, 0.25) is 0 Å². The van der Waals surface area contributed by atoms with Gasteiger partial charge in [-0.3, -0.25) is 4.79 Å². The zero-order valence-corrected chi connectivity index (χ0v) is 24.1. The molecule has 0 radical (unpaired) electrons. The number of hydrogen-bond donors (Lipinski definition) is 1. The van der Waals surface area contributed by atoms with Gasteiger partial charge >= 0.3 is 0 Å². The van der Waals surface area contributed by atoms with Crippen molar-refractivity contribution < 1.29 is 26.4 Å². The number of sulfone groups is 2. The van der Waals surface area contributed by atoms with Gasteiger partial charge in [0, 0.05) is 29.2 Å². The molecular formula is C27H29Cl2NO6S2. The zero-order valence-electron chi connectivity index (χ0n) is 21.0. The fourth-order valence-corrected chi connectivity index (χ4v) is 8.67. The SMILES string of the molecule is CCS(=O)(=O)c1ccc(C(COC)C(=O)NC2(S(=O)(=O)C3CC3)C=C(Cl)C(c3ccccc3)=C(Cl)C2)cc1. The first-order valence-corrected chi connectivity index (χ1v) is 16.1. The summed E-state index contributed by atoms with van der Waals surface area (Å²) in [5.74, 6) is -1.56. The highest BCUT2D eigenvalue weighted by Gasteiger charge is 2.54. The van der Waals surface area contributed by atoms with Gasteiger partial charge in [-0.15, -0.1) is 0 Å². The summed E-state index contributed by atoms with van der Waals surface area (Å²) in [5, 5.41) is 2.52. The summed E-state index contributed by atoms with van der Waals surface area (Å²) in [6, 6.07) is 15.1. The molecule has 2 aromatic carbocycles. The third kappa shape index (κ3) is 5.58. The predicted octanol–water partition coefficient (Wildman–Crippen LogP) is 4.78. The maximum atomic E-state index is 13.7. The predicted molar refractivity (Wildman–Crippen MR) is 149 cm³/mol. The molecule has 7 nitrogen and oxygen atoms in total. The monoisotopic (exact) mass is 597 g/mol. The van der Waals surface area contributed by atoms with Crippen LogP contribution in [0.4, 0.5) is 0 Å². The van der Waals surface area contributed by atoms with E-state index in [1.54, 1.807) is 6.92 Å². The number of rotatable bonds is 10. The summed E-state index contributed by atoms with van der Waals surface area (Å²) >= 11 is 13.4. The molecule has 0 bridgehead atoms. The molecule has 0 heterocycles. The molecule has 204 valence electrons. The highest BCUT2D eigenvalue weighted by atomic mass is 35.5. The van der Waals surface area contributed by atoms with Crippen molar-refractivity contribution in [3.8, 4) is 0 Å². The van der Waals surface area contributed by atoms with Crippen molar-refractivity contribution in [2.45, 2.75) is 47.1 Å². The Bertz CT molecular complexity index is 1480. The lowest BCUT2D eigenvalue weighted by atomic mass is 9.94. The van der Waals surface area contributed by atoms with E-state index >= 15 is 0 Å². The first kappa shape index (κ1) is 28.8. The zero-order chi connectivity index (χ0) is 27.7. The van der Waals surface area contributed by atoms with Crippen molar-refractivity contribution in [3.05, 3.63) is 81.9 Å². The second-order valence-corrected chi connectivity index (χ2v) is 15.0. The minimum atomic E-state index is -3.91. The van der Waals surface area contributed by atoms with Crippen molar-refractivity contribution in [2.75, 3.05) is 19.5 Å². The minimum absolute atomic E-state index is 0.0534. The van der Waals surface area contributed by atoms with E-state index in [1.165, 1.54) is 37.5 Å². The molecule has 2 unspecified atom stereocenters. The normalized spacial score (nSPS) is 21.1. The number of allylic oxidation sites excluding steroid dienone is 2. The van der Waals surface area contributed by atoms with Gasteiger partial charge in [-0.1, -0.05) is 72.6 Å². The fourth-order valence-electron chi connectivity index (χ4n) is 4.55. The second-order valence-electron chi connectivity index (χ2n) is 9.42. The molecule has 0 saturated heterocycles. The Morgan fingerprint density at radius 3 is 2.21 bits per heavy atom. The third-order valence-corrected chi connectivity index (χ3v) is 11.9. The lowest BCUT2D eigenvalue weighted by molar-refractivity contribution is -0.124. The molecule has 2 aliphatic rings. The molecule has 38 heavy (non-hydrogen) atoms. The number of amides is 1. The highest BCUT2D eigenvalue weighted by Crippen LogP contribution is 2.47. The summed E-state index contributed by atoms with van der Waals surface area (Å²) in [6.07, 6.45) is 2.20. The Morgan fingerprint density at radius 2 is 1.68 bits per heavy atom. The molecule has 4 rings (SSSR count). The summed E-state index contributed by atoms with van der Waals surface area (Å²) in [5.41, 5.74) is 1.74. The maximum Gasteiger partial charge on any atom is 0.231 e. The maximum absolute atomic E-state index is 13.7. The Morgan fingerprint density at radius 1 is 1.05 bits per heavy atom. The molecule has 11 heteroatoms. The smallest absolute Gasteiger partial charge is 0.231 e. The number of carbonyl (C=O) groups excluding carboxylic acids is 1. The molecule has 2 aliphatic carbocycles. The van der Waals surface area contributed by atoms with Crippen molar-refractivity contribution >= 4 is 54.4 Å². The molecule has 1 saturated carbocycles. The molecule has 0 aromatic heterocycles. The van der Waals surface area contributed by atoms with Gasteiger partial charge in [0.1, 0.15) is 0 Å². The summed E-state index contributed by atoms with van der Waals surface area (Å²) in [4.78, 5) is 12.0. The van der Waals surface area contributed by atoms with Crippen LogP contribution in [0.1, 0.15) is 43.2 Å². The van der Waals surface area contributed by atoms with Gasteiger partial charge in [-0.05, 0) is 42.2 Å². The van der Waals surface area contributed by atoms with Crippen LogP contribution < -0.4 is 5.32 Å². The highest BCUT2D eigenvalue weighted by molar-refractivity contribution is 7.93. The van der Waals surface area contributed by atoms with Crippen molar-refractivity contribution in [1.29, 1.82) is 0 Å². The molecule has 1 fully saturated rings. The molecule has 0 aliphatic heterocycles. The van der Waals surface area contributed by atoms with Crippen LogP contribution in [0.3, 0.4) is 0 Å². The quantitative estimate of drug-likeness (QED) is 0.422. The summed E-state index contributed by atoms with van der Waals surface area (Å²) in [6.45, 7) is 1.50. The number of hydrogen-bond acceptors (Lipinski definition) is 6.